The largest absolute Gasteiger partial charge is 0.447 e. The quantitative estimate of drug-likeness (QED) is 0.520. The van der Waals surface area contributed by atoms with Crippen molar-refractivity contribution in [3.63, 3.8) is 0 Å². The maximum absolute atomic E-state index is 10.3. The molecular formula is C5H7NO3. The first kappa shape index (κ1) is 6.07. The van der Waals surface area contributed by atoms with Gasteiger partial charge >= 0.3 is 6.09 Å². The fraction of sp³-hybridized carbons (Fsp3) is 0.600. The second-order valence-corrected chi connectivity index (χ2v) is 1.84. The van der Waals surface area contributed by atoms with Gasteiger partial charge in [0.25, 0.3) is 0 Å². The predicted molar refractivity (Wildman–Crippen MR) is 29.0 cm³/mol. The zero-order valence-corrected chi connectivity index (χ0v) is 4.79. The maximum atomic E-state index is 10.3. The highest BCUT2D eigenvalue weighted by molar-refractivity contribution is 5.70. The van der Waals surface area contributed by atoms with E-state index in [-0.39, 0.29) is 6.04 Å². The maximum Gasteiger partial charge on any atom is 0.407 e. The van der Waals surface area contributed by atoms with Crippen molar-refractivity contribution in [1.82, 2.24) is 5.32 Å². The van der Waals surface area contributed by atoms with E-state index in [1.165, 1.54) is 0 Å². The number of cyclic esters (lactones) is 1. The van der Waals surface area contributed by atoms with E-state index in [1.807, 2.05) is 0 Å². The fourth-order valence-corrected chi connectivity index (χ4v) is 0.669. The molecule has 0 radical (unpaired) electrons. The second-order valence-electron chi connectivity index (χ2n) is 1.84. The molecule has 0 aromatic carbocycles. The number of rotatable bonds is 2. The number of carbonyl (C=O) groups is 2. The monoisotopic (exact) mass is 129 g/mol. The summed E-state index contributed by atoms with van der Waals surface area (Å²) in [7, 11) is 0. The molecule has 0 aromatic rings. The van der Waals surface area contributed by atoms with Gasteiger partial charge in [0.2, 0.25) is 0 Å². The first-order valence-corrected chi connectivity index (χ1v) is 2.70. The number of amides is 1. The molecule has 4 heteroatoms. The van der Waals surface area contributed by atoms with Gasteiger partial charge in [-0.05, 0) is 0 Å². The molecular weight excluding hydrogens is 122 g/mol. The van der Waals surface area contributed by atoms with Crippen molar-refractivity contribution in [2.24, 2.45) is 0 Å². The minimum Gasteiger partial charge on any atom is -0.447 e. The molecule has 0 aliphatic carbocycles. The highest BCUT2D eigenvalue weighted by Gasteiger charge is 2.20. The number of ether oxygens (including phenoxy) is 1. The van der Waals surface area contributed by atoms with Crippen LogP contribution in [0.2, 0.25) is 0 Å². The molecule has 4 nitrogen and oxygen atoms in total. The molecule has 0 spiro atoms. The van der Waals surface area contributed by atoms with E-state index in [2.05, 4.69) is 10.1 Å². The van der Waals surface area contributed by atoms with E-state index in [9.17, 15) is 9.59 Å². The van der Waals surface area contributed by atoms with Crippen LogP contribution < -0.4 is 5.32 Å². The van der Waals surface area contributed by atoms with Crippen LogP contribution in [0.5, 0.6) is 0 Å². The lowest BCUT2D eigenvalue weighted by atomic mass is 10.2. The van der Waals surface area contributed by atoms with Gasteiger partial charge in [0.15, 0.2) is 0 Å². The first-order chi connectivity index (χ1) is 4.33. The Hall–Kier alpha value is -1.06. The molecule has 0 unspecified atom stereocenters. The van der Waals surface area contributed by atoms with Crippen LogP contribution in [0.4, 0.5) is 4.79 Å². The summed E-state index contributed by atoms with van der Waals surface area (Å²) in [6, 6.07) is -0.102. The van der Waals surface area contributed by atoms with Gasteiger partial charge in [-0.1, -0.05) is 0 Å². The van der Waals surface area contributed by atoms with E-state index >= 15 is 0 Å². The zero-order chi connectivity index (χ0) is 6.69. The van der Waals surface area contributed by atoms with Crippen molar-refractivity contribution in [2.75, 3.05) is 6.61 Å². The summed E-state index contributed by atoms with van der Waals surface area (Å²) in [6.07, 6.45) is 0.674. The Kier molecular flexibility index (Phi) is 1.67. The number of alkyl carbamates (subject to hydrolysis) is 1. The average Bonchev–Trinajstić information content (AvgIpc) is 2.17. The van der Waals surface area contributed by atoms with E-state index in [4.69, 9.17) is 0 Å². The van der Waals surface area contributed by atoms with Gasteiger partial charge in [-0.2, -0.15) is 0 Å². The summed E-state index contributed by atoms with van der Waals surface area (Å²) in [5, 5.41) is 2.46. The first-order valence-electron chi connectivity index (χ1n) is 2.70. The summed E-state index contributed by atoms with van der Waals surface area (Å²) in [6.45, 7) is 0.317. The number of hydrogen-bond acceptors (Lipinski definition) is 3. The van der Waals surface area contributed by atoms with Crippen LogP contribution in [-0.4, -0.2) is 25.0 Å². The molecule has 0 aromatic heterocycles. The molecule has 9 heavy (non-hydrogen) atoms. The topological polar surface area (TPSA) is 55.4 Å². The van der Waals surface area contributed by atoms with Crippen LogP contribution in [-0.2, 0) is 9.53 Å². The number of hydrogen-bond donors (Lipinski definition) is 1. The molecule has 1 N–H and O–H groups in total. The van der Waals surface area contributed by atoms with Gasteiger partial charge in [0, 0.05) is 6.42 Å². The molecule has 1 amide bonds. The van der Waals surface area contributed by atoms with Crippen molar-refractivity contribution in [1.29, 1.82) is 0 Å². The Morgan fingerprint density at radius 2 is 2.67 bits per heavy atom. The highest BCUT2D eigenvalue weighted by atomic mass is 16.6. The van der Waals surface area contributed by atoms with Crippen LogP contribution in [0.25, 0.3) is 0 Å². The summed E-state index contributed by atoms with van der Waals surface area (Å²) in [4.78, 5) is 20.1. The van der Waals surface area contributed by atoms with Crippen molar-refractivity contribution in [2.45, 2.75) is 12.5 Å². The zero-order valence-electron chi connectivity index (χ0n) is 4.79. The smallest absolute Gasteiger partial charge is 0.407 e. The van der Waals surface area contributed by atoms with Gasteiger partial charge in [-0.3, -0.25) is 0 Å². The minimum atomic E-state index is -0.429. The highest BCUT2D eigenvalue weighted by Crippen LogP contribution is 1.98. The van der Waals surface area contributed by atoms with E-state index in [0.717, 1.165) is 6.29 Å². The third-order valence-electron chi connectivity index (χ3n) is 1.12. The number of aldehydes is 1. The lowest BCUT2D eigenvalue weighted by molar-refractivity contribution is -0.108. The van der Waals surface area contributed by atoms with E-state index in [1.54, 1.807) is 0 Å². The normalized spacial score (nSPS) is 24.9. The van der Waals surface area contributed by atoms with E-state index < -0.39 is 6.09 Å². The van der Waals surface area contributed by atoms with Gasteiger partial charge < -0.3 is 14.8 Å². The Morgan fingerprint density at radius 3 is 3.11 bits per heavy atom. The van der Waals surface area contributed by atoms with Crippen LogP contribution in [0.1, 0.15) is 6.42 Å². The predicted octanol–water partition coefficient (Wildman–Crippen LogP) is -0.316. The summed E-state index contributed by atoms with van der Waals surface area (Å²) in [5.74, 6) is 0. The molecule has 1 fully saturated rings. The Bertz CT molecular complexity index is 134. The number of nitrogens with one attached hydrogen (secondary N) is 1. The lowest BCUT2D eigenvalue weighted by Gasteiger charge is -1.97. The molecule has 1 heterocycles. The molecule has 0 saturated carbocycles. The molecule has 50 valence electrons. The summed E-state index contributed by atoms with van der Waals surface area (Å²) >= 11 is 0. The van der Waals surface area contributed by atoms with Crippen molar-refractivity contribution in [3.05, 3.63) is 0 Å². The number of carbonyl (C=O) groups excluding carboxylic acids is 2. The van der Waals surface area contributed by atoms with Gasteiger partial charge in [-0.15, -0.1) is 0 Å². The second kappa shape index (κ2) is 2.48. The van der Waals surface area contributed by atoms with Crippen LogP contribution in [0, 0.1) is 0 Å². The average molecular weight is 129 g/mol. The van der Waals surface area contributed by atoms with Gasteiger partial charge in [-0.25, -0.2) is 4.79 Å². The molecule has 0 bridgehead atoms. The van der Waals surface area contributed by atoms with Crippen molar-refractivity contribution < 1.29 is 14.3 Å². The SMILES string of the molecule is O=CC[C@H]1COC(=O)N1. The standard InChI is InChI=1S/C5H7NO3/c7-2-1-4-3-9-5(8)6-4/h2,4H,1,3H2,(H,6,8)/t4-/m0/s1. The molecule has 1 aliphatic rings. The van der Waals surface area contributed by atoms with Gasteiger partial charge in [0.1, 0.15) is 12.9 Å². The fourth-order valence-electron chi connectivity index (χ4n) is 0.669. The third-order valence-corrected chi connectivity index (χ3v) is 1.12. The molecule has 1 saturated heterocycles. The van der Waals surface area contributed by atoms with Crippen LogP contribution in [0.3, 0.4) is 0 Å². The third kappa shape index (κ3) is 1.42. The van der Waals surface area contributed by atoms with Crippen molar-refractivity contribution in [3.8, 4) is 0 Å². The molecule has 1 atom stereocenters. The molecule has 1 rings (SSSR count). The van der Waals surface area contributed by atoms with Crippen LogP contribution >= 0.6 is 0 Å². The molecule has 1 aliphatic heterocycles. The Morgan fingerprint density at radius 1 is 1.89 bits per heavy atom. The summed E-state index contributed by atoms with van der Waals surface area (Å²) in [5.41, 5.74) is 0. The van der Waals surface area contributed by atoms with Gasteiger partial charge in [0.05, 0.1) is 6.04 Å². The Balaban J connectivity index is 2.29. The van der Waals surface area contributed by atoms with Crippen molar-refractivity contribution >= 4 is 12.4 Å². The summed E-state index contributed by atoms with van der Waals surface area (Å²) < 4.78 is 4.51. The van der Waals surface area contributed by atoms with E-state index in [0.29, 0.717) is 13.0 Å². The van der Waals surface area contributed by atoms with Crippen LogP contribution in [0.15, 0.2) is 0 Å². The lowest BCUT2D eigenvalue weighted by Crippen LogP contribution is -2.26. The minimum absolute atomic E-state index is 0.102. The Labute approximate surface area is 52.2 Å².